The molecular weight excluding hydrogens is 421 g/mol. The van der Waals surface area contributed by atoms with Crippen LogP contribution in [0.4, 0.5) is 0 Å². The zero-order valence-corrected chi connectivity index (χ0v) is 17.4. The first-order valence-electron chi connectivity index (χ1n) is 7.72. The maximum Gasteiger partial charge on any atom is 0.193 e. The zero-order chi connectivity index (χ0) is 16.9. The van der Waals surface area contributed by atoms with Gasteiger partial charge in [-0.1, -0.05) is 6.92 Å². The summed E-state index contributed by atoms with van der Waals surface area (Å²) in [6.07, 6.45) is 0. The van der Waals surface area contributed by atoms with E-state index >= 15 is 0 Å². The molecule has 0 radical (unpaired) electrons. The Morgan fingerprint density at radius 2 is 2.04 bits per heavy atom. The molecule has 1 aliphatic heterocycles. The average molecular weight is 449 g/mol. The minimum Gasteiger partial charge on any atom is -0.497 e. The summed E-state index contributed by atoms with van der Waals surface area (Å²) in [5, 5.41) is 3.42. The summed E-state index contributed by atoms with van der Waals surface area (Å²) in [4.78, 5) is 6.44. The van der Waals surface area contributed by atoms with Crippen LogP contribution in [0.3, 0.4) is 0 Å². The predicted octanol–water partition coefficient (Wildman–Crippen LogP) is 2.37. The molecule has 1 aromatic carbocycles. The molecule has 1 aliphatic rings. The summed E-state index contributed by atoms with van der Waals surface area (Å²) in [6.45, 7) is 5.35. The Morgan fingerprint density at radius 1 is 1.33 bits per heavy atom. The topological polar surface area (TPSA) is 55.3 Å². The fraction of sp³-hybridized carbons (Fsp3) is 0.588. The van der Waals surface area contributed by atoms with Crippen LogP contribution in [0.5, 0.6) is 11.5 Å². The molecule has 0 bridgehead atoms. The second kappa shape index (κ2) is 9.31. The van der Waals surface area contributed by atoms with Crippen molar-refractivity contribution < 1.29 is 14.2 Å². The molecule has 1 fully saturated rings. The van der Waals surface area contributed by atoms with Crippen LogP contribution >= 0.6 is 24.0 Å². The molecule has 1 aromatic rings. The normalized spacial score (nSPS) is 15.8. The highest BCUT2D eigenvalue weighted by molar-refractivity contribution is 14.0. The first-order valence-corrected chi connectivity index (χ1v) is 7.72. The van der Waals surface area contributed by atoms with Crippen LogP contribution in [-0.2, 0) is 11.3 Å². The highest BCUT2D eigenvalue weighted by Gasteiger charge is 2.33. The third kappa shape index (κ3) is 5.14. The Labute approximate surface area is 161 Å². The van der Waals surface area contributed by atoms with Crippen LogP contribution in [0.15, 0.2) is 23.2 Å². The van der Waals surface area contributed by atoms with Crippen LogP contribution in [0.1, 0.15) is 12.5 Å². The minimum atomic E-state index is 0. The molecule has 6 nitrogen and oxygen atoms in total. The number of rotatable bonds is 6. The van der Waals surface area contributed by atoms with Gasteiger partial charge in [0.25, 0.3) is 0 Å². The van der Waals surface area contributed by atoms with Gasteiger partial charge in [-0.3, -0.25) is 4.99 Å². The van der Waals surface area contributed by atoms with Crippen molar-refractivity contribution in [1.82, 2.24) is 10.2 Å². The van der Waals surface area contributed by atoms with Gasteiger partial charge < -0.3 is 24.4 Å². The average Bonchev–Trinajstić information content (AvgIpc) is 2.54. The van der Waals surface area contributed by atoms with Crippen LogP contribution < -0.4 is 14.8 Å². The first kappa shape index (κ1) is 20.8. The number of aliphatic imine (C=N–C) groups is 1. The summed E-state index contributed by atoms with van der Waals surface area (Å²) < 4.78 is 16.0. The Hall–Kier alpha value is -1.22. The smallest absolute Gasteiger partial charge is 0.193 e. The number of nitrogens with zero attached hydrogens (tertiary/aromatic N) is 2. The first-order chi connectivity index (χ1) is 11.0. The third-order valence-electron chi connectivity index (χ3n) is 4.05. The van der Waals surface area contributed by atoms with E-state index in [2.05, 4.69) is 22.1 Å². The quantitative estimate of drug-likeness (QED) is 0.411. The van der Waals surface area contributed by atoms with Gasteiger partial charge in [0.1, 0.15) is 11.5 Å². The molecule has 0 saturated carbocycles. The summed E-state index contributed by atoms with van der Waals surface area (Å²) in [5.41, 5.74) is 1.28. The molecule has 0 aliphatic carbocycles. The van der Waals surface area contributed by atoms with Crippen molar-refractivity contribution in [3.05, 3.63) is 23.8 Å². The lowest BCUT2D eigenvalue weighted by Gasteiger charge is -2.39. The van der Waals surface area contributed by atoms with Gasteiger partial charge in [0.15, 0.2) is 5.96 Å². The number of hydrogen-bond acceptors (Lipinski definition) is 4. The van der Waals surface area contributed by atoms with Crippen LogP contribution in [0.25, 0.3) is 0 Å². The molecule has 7 heteroatoms. The molecule has 1 saturated heterocycles. The van der Waals surface area contributed by atoms with Crippen molar-refractivity contribution in [3.8, 4) is 11.5 Å². The van der Waals surface area contributed by atoms with Gasteiger partial charge >= 0.3 is 0 Å². The van der Waals surface area contributed by atoms with Gasteiger partial charge in [0.05, 0.1) is 27.4 Å². The second-order valence-corrected chi connectivity index (χ2v) is 6.24. The van der Waals surface area contributed by atoms with Gasteiger partial charge in [0, 0.05) is 44.2 Å². The maximum absolute atomic E-state index is 5.46. The molecule has 2 rings (SSSR count). The number of benzene rings is 1. The molecule has 0 amide bonds. The molecule has 0 aromatic heterocycles. The van der Waals surface area contributed by atoms with Crippen LogP contribution in [-0.4, -0.2) is 58.9 Å². The summed E-state index contributed by atoms with van der Waals surface area (Å²) in [6, 6.07) is 5.85. The second-order valence-electron chi connectivity index (χ2n) is 6.24. The molecule has 0 atom stereocenters. The fourth-order valence-electron chi connectivity index (χ4n) is 2.54. The van der Waals surface area contributed by atoms with E-state index in [1.54, 1.807) is 21.3 Å². The van der Waals surface area contributed by atoms with E-state index in [1.807, 2.05) is 25.2 Å². The lowest BCUT2D eigenvalue weighted by molar-refractivity contribution is -0.0972. The highest BCUT2D eigenvalue weighted by Crippen LogP contribution is 2.26. The summed E-state index contributed by atoms with van der Waals surface area (Å²) in [7, 11) is 7.13. The SMILES string of the molecule is CN=C(NCC1(C)COC1)N(C)Cc1ccc(OC)cc1OC.I. The highest BCUT2D eigenvalue weighted by atomic mass is 127. The van der Waals surface area contributed by atoms with E-state index in [4.69, 9.17) is 14.2 Å². The lowest BCUT2D eigenvalue weighted by Crippen LogP contribution is -2.51. The largest absolute Gasteiger partial charge is 0.497 e. The van der Waals surface area contributed by atoms with Gasteiger partial charge in [0.2, 0.25) is 0 Å². The fourth-order valence-corrected chi connectivity index (χ4v) is 2.54. The molecule has 136 valence electrons. The number of nitrogens with one attached hydrogen (secondary N) is 1. The van der Waals surface area contributed by atoms with E-state index in [0.717, 1.165) is 42.8 Å². The predicted molar refractivity (Wildman–Crippen MR) is 107 cm³/mol. The van der Waals surface area contributed by atoms with Gasteiger partial charge in [-0.05, 0) is 12.1 Å². The zero-order valence-electron chi connectivity index (χ0n) is 15.1. The van der Waals surface area contributed by atoms with Gasteiger partial charge in [-0.15, -0.1) is 24.0 Å². The Kier molecular flexibility index (Phi) is 8.08. The van der Waals surface area contributed by atoms with Crippen molar-refractivity contribution in [2.24, 2.45) is 10.4 Å². The molecule has 1 N–H and O–H groups in total. The van der Waals surface area contributed by atoms with Crippen molar-refractivity contribution in [1.29, 1.82) is 0 Å². The summed E-state index contributed by atoms with van der Waals surface area (Å²) in [5.74, 6) is 2.45. The number of hydrogen-bond donors (Lipinski definition) is 1. The van der Waals surface area contributed by atoms with Crippen molar-refractivity contribution in [2.75, 3.05) is 48.1 Å². The van der Waals surface area contributed by atoms with Gasteiger partial charge in [-0.2, -0.15) is 0 Å². The Balaban J connectivity index is 0.00000288. The lowest BCUT2D eigenvalue weighted by atomic mass is 9.89. The standard InChI is InChI=1S/C17H27N3O3.HI/c1-17(11-23-12-17)10-19-16(18-2)20(3)9-13-6-7-14(21-4)8-15(13)22-5;/h6-8H,9-12H2,1-5H3,(H,18,19);1H. The monoisotopic (exact) mass is 449 g/mol. The van der Waals surface area contributed by atoms with E-state index in [-0.39, 0.29) is 29.4 Å². The molecule has 0 unspecified atom stereocenters. The van der Waals surface area contributed by atoms with Crippen LogP contribution in [0, 0.1) is 5.41 Å². The maximum atomic E-state index is 5.46. The van der Waals surface area contributed by atoms with E-state index in [0.29, 0.717) is 6.54 Å². The van der Waals surface area contributed by atoms with Crippen LogP contribution in [0.2, 0.25) is 0 Å². The Morgan fingerprint density at radius 3 is 2.54 bits per heavy atom. The van der Waals surface area contributed by atoms with E-state index < -0.39 is 0 Å². The number of guanidine groups is 1. The Bertz CT molecular complexity index is 562. The van der Waals surface area contributed by atoms with E-state index in [1.165, 1.54) is 0 Å². The molecular formula is C17H28IN3O3. The third-order valence-corrected chi connectivity index (χ3v) is 4.05. The minimum absolute atomic E-state index is 0. The van der Waals surface area contributed by atoms with Gasteiger partial charge in [-0.25, -0.2) is 0 Å². The van der Waals surface area contributed by atoms with E-state index in [9.17, 15) is 0 Å². The number of ether oxygens (including phenoxy) is 3. The molecule has 0 spiro atoms. The van der Waals surface area contributed by atoms with Crippen molar-refractivity contribution in [2.45, 2.75) is 13.5 Å². The molecule has 24 heavy (non-hydrogen) atoms. The van der Waals surface area contributed by atoms with Crippen molar-refractivity contribution >= 4 is 29.9 Å². The van der Waals surface area contributed by atoms with Crippen molar-refractivity contribution in [3.63, 3.8) is 0 Å². The molecule has 1 heterocycles. The summed E-state index contributed by atoms with van der Waals surface area (Å²) >= 11 is 0. The number of halogens is 1. The number of methoxy groups -OCH3 is 2.